The van der Waals surface area contributed by atoms with Crippen molar-refractivity contribution in [3.63, 3.8) is 0 Å². The van der Waals surface area contributed by atoms with Crippen molar-refractivity contribution in [2.24, 2.45) is 12.8 Å². The molecule has 56 valence electrons. The lowest BCUT2D eigenvalue weighted by atomic mass is 10.6. The second-order valence-corrected chi connectivity index (χ2v) is 2.17. The summed E-state index contributed by atoms with van der Waals surface area (Å²) in [6.07, 6.45) is 3.45. The zero-order valence-electron chi connectivity index (χ0n) is 5.95. The Morgan fingerprint density at radius 3 is 2.70 bits per heavy atom. The van der Waals surface area contributed by atoms with Crippen molar-refractivity contribution in [2.45, 2.75) is 6.54 Å². The second kappa shape index (κ2) is 2.70. The van der Waals surface area contributed by atoms with Gasteiger partial charge in [0.05, 0.1) is 0 Å². The zero-order valence-corrected chi connectivity index (χ0v) is 5.95. The normalized spacial score (nSPS) is 10.2. The van der Waals surface area contributed by atoms with Gasteiger partial charge in [0.2, 0.25) is 0 Å². The fourth-order valence-corrected chi connectivity index (χ4v) is 0.820. The van der Waals surface area contributed by atoms with Gasteiger partial charge in [0.1, 0.15) is 0 Å². The van der Waals surface area contributed by atoms with Gasteiger partial charge in [0, 0.05) is 32.5 Å². The van der Waals surface area contributed by atoms with E-state index in [-0.39, 0.29) is 5.69 Å². The molecule has 0 radical (unpaired) electrons. The molecule has 0 fully saturated rings. The van der Waals surface area contributed by atoms with Crippen LogP contribution in [-0.2, 0) is 13.6 Å². The maximum Gasteiger partial charge on any atom is 0.327 e. The summed E-state index contributed by atoms with van der Waals surface area (Å²) >= 11 is 0. The molecule has 1 heterocycles. The molecule has 4 nitrogen and oxygen atoms in total. The van der Waals surface area contributed by atoms with Crippen LogP contribution in [0.25, 0.3) is 0 Å². The number of nitrogens with zero attached hydrogens (tertiary/aromatic N) is 2. The van der Waals surface area contributed by atoms with Crippen LogP contribution in [-0.4, -0.2) is 15.7 Å². The molecule has 1 aromatic heterocycles. The molecule has 1 aromatic rings. The Morgan fingerprint density at radius 2 is 2.30 bits per heavy atom. The molecular weight excluding hydrogens is 130 g/mol. The Labute approximate surface area is 58.9 Å². The summed E-state index contributed by atoms with van der Waals surface area (Å²) in [6.45, 7) is 1.10. The third-order valence-electron chi connectivity index (χ3n) is 1.39. The van der Waals surface area contributed by atoms with Crippen molar-refractivity contribution >= 4 is 0 Å². The molecular formula is C6H11N3O. The molecule has 0 amide bonds. The predicted octanol–water partition coefficient (Wildman–Crippen LogP) is -0.854. The third-order valence-corrected chi connectivity index (χ3v) is 1.39. The molecule has 10 heavy (non-hydrogen) atoms. The molecule has 0 spiro atoms. The molecule has 0 atom stereocenters. The van der Waals surface area contributed by atoms with Crippen LogP contribution in [0, 0.1) is 0 Å². The van der Waals surface area contributed by atoms with Crippen molar-refractivity contribution < 1.29 is 0 Å². The van der Waals surface area contributed by atoms with E-state index in [2.05, 4.69) is 0 Å². The van der Waals surface area contributed by atoms with Crippen LogP contribution in [0.5, 0.6) is 0 Å². The van der Waals surface area contributed by atoms with E-state index in [0.29, 0.717) is 13.1 Å². The Bertz CT molecular complexity index is 260. The van der Waals surface area contributed by atoms with Gasteiger partial charge >= 0.3 is 5.69 Å². The second-order valence-electron chi connectivity index (χ2n) is 2.17. The largest absolute Gasteiger partial charge is 0.329 e. The summed E-state index contributed by atoms with van der Waals surface area (Å²) in [7, 11) is 1.72. The molecule has 0 aliphatic carbocycles. The number of aromatic nitrogens is 2. The average molecular weight is 141 g/mol. The van der Waals surface area contributed by atoms with Crippen LogP contribution < -0.4 is 11.4 Å². The fourth-order valence-electron chi connectivity index (χ4n) is 0.820. The highest BCUT2D eigenvalue weighted by Gasteiger charge is 1.95. The van der Waals surface area contributed by atoms with Crippen LogP contribution >= 0.6 is 0 Å². The summed E-state index contributed by atoms with van der Waals surface area (Å²) < 4.78 is 3.11. The van der Waals surface area contributed by atoms with E-state index in [1.54, 1.807) is 24.0 Å². The number of nitrogens with two attached hydrogens (primary N) is 1. The predicted molar refractivity (Wildman–Crippen MR) is 38.7 cm³/mol. The van der Waals surface area contributed by atoms with Gasteiger partial charge in [-0.25, -0.2) is 4.79 Å². The van der Waals surface area contributed by atoms with E-state index in [1.807, 2.05) is 0 Å². The molecule has 0 aromatic carbocycles. The molecule has 1 rings (SSSR count). The van der Waals surface area contributed by atoms with Crippen molar-refractivity contribution in [1.82, 2.24) is 9.13 Å². The SMILES string of the molecule is Cn1ccn(CCN)c1=O. The first-order chi connectivity index (χ1) is 4.75. The lowest BCUT2D eigenvalue weighted by Crippen LogP contribution is -2.24. The van der Waals surface area contributed by atoms with E-state index >= 15 is 0 Å². The van der Waals surface area contributed by atoms with E-state index in [4.69, 9.17) is 5.73 Å². The Balaban J connectivity index is 2.95. The maximum absolute atomic E-state index is 11.0. The summed E-state index contributed by atoms with van der Waals surface area (Å²) in [4.78, 5) is 11.0. The molecule has 0 aliphatic heterocycles. The Hall–Kier alpha value is -1.03. The molecule has 4 heteroatoms. The summed E-state index contributed by atoms with van der Waals surface area (Å²) in [5.74, 6) is 0. The van der Waals surface area contributed by atoms with Gasteiger partial charge < -0.3 is 10.3 Å². The summed E-state index contributed by atoms with van der Waals surface area (Å²) in [5.41, 5.74) is 5.26. The van der Waals surface area contributed by atoms with Crippen LogP contribution in [0.15, 0.2) is 17.2 Å². The minimum atomic E-state index is -0.00884. The Morgan fingerprint density at radius 1 is 1.60 bits per heavy atom. The van der Waals surface area contributed by atoms with Crippen LogP contribution in [0.4, 0.5) is 0 Å². The van der Waals surface area contributed by atoms with Crippen LogP contribution in [0.2, 0.25) is 0 Å². The van der Waals surface area contributed by atoms with Crippen molar-refractivity contribution in [2.75, 3.05) is 6.54 Å². The lowest BCUT2D eigenvalue weighted by molar-refractivity contribution is 0.659. The van der Waals surface area contributed by atoms with Crippen molar-refractivity contribution in [1.29, 1.82) is 0 Å². The highest BCUT2D eigenvalue weighted by atomic mass is 16.1. The zero-order chi connectivity index (χ0) is 7.56. The highest BCUT2D eigenvalue weighted by molar-refractivity contribution is 4.79. The van der Waals surface area contributed by atoms with Crippen LogP contribution in [0.3, 0.4) is 0 Å². The molecule has 0 saturated carbocycles. The van der Waals surface area contributed by atoms with Crippen molar-refractivity contribution in [3.8, 4) is 0 Å². The van der Waals surface area contributed by atoms with Gasteiger partial charge in [0.15, 0.2) is 0 Å². The number of imidazole rings is 1. The smallest absolute Gasteiger partial charge is 0.327 e. The molecule has 0 bridgehead atoms. The molecule has 0 saturated heterocycles. The quantitative estimate of drug-likeness (QED) is 0.583. The monoisotopic (exact) mass is 141 g/mol. The average Bonchev–Trinajstić information content (AvgIpc) is 2.20. The number of aryl methyl sites for hydroxylation is 1. The van der Waals surface area contributed by atoms with Gasteiger partial charge in [-0.2, -0.15) is 0 Å². The van der Waals surface area contributed by atoms with Gasteiger partial charge in [-0.05, 0) is 0 Å². The first-order valence-electron chi connectivity index (χ1n) is 3.17. The number of hydrogen-bond donors (Lipinski definition) is 1. The first-order valence-corrected chi connectivity index (χ1v) is 3.17. The van der Waals surface area contributed by atoms with E-state index in [9.17, 15) is 4.79 Å². The van der Waals surface area contributed by atoms with Gasteiger partial charge in [-0.15, -0.1) is 0 Å². The minimum Gasteiger partial charge on any atom is -0.329 e. The maximum atomic E-state index is 11.0. The van der Waals surface area contributed by atoms with Gasteiger partial charge in [-0.3, -0.25) is 4.57 Å². The summed E-state index contributed by atoms with van der Waals surface area (Å²) in [5, 5.41) is 0. The standard InChI is InChI=1S/C6H11N3O/c1-8-4-5-9(3-2-7)6(8)10/h4-5H,2-3,7H2,1H3. The van der Waals surface area contributed by atoms with E-state index in [0.717, 1.165) is 0 Å². The Kier molecular flexibility index (Phi) is 1.91. The lowest BCUT2D eigenvalue weighted by Gasteiger charge is -1.94. The van der Waals surface area contributed by atoms with E-state index in [1.165, 1.54) is 4.57 Å². The van der Waals surface area contributed by atoms with E-state index < -0.39 is 0 Å². The van der Waals surface area contributed by atoms with Gasteiger partial charge in [-0.1, -0.05) is 0 Å². The number of hydrogen-bond acceptors (Lipinski definition) is 2. The molecule has 0 unspecified atom stereocenters. The van der Waals surface area contributed by atoms with Crippen molar-refractivity contribution in [3.05, 3.63) is 22.9 Å². The first kappa shape index (κ1) is 7.08. The summed E-state index contributed by atoms with van der Waals surface area (Å²) in [6, 6.07) is 0. The fraction of sp³-hybridized carbons (Fsp3) is 0.500. The van der Waals surface area contributed by atoms with Gasteiger partial charge in [0.25, 0.3) is 0 Å². The van der Waals surface area contributed by atoms with Crippen LogP contribution in [0.1, 0.15) is 0 Å². The highest BCUT2D eigenvalue weighted by Crippen LogP contribution is 1.78. The topological polar surface area (TPSA) is 52.9 Å². The molecule has 2 N–H and O–H groups in total. The molecule has 0 aliphatic rings. The third kappa shape index (κ3) is 1.11. The minimum absolute atomic E-state index is 0.00884. The number of rotatable bonds is 2.